The highest BCUT2D eigenvalue weighted by Gasteiger charge is 2.29. The Labute approximate surface area is 171 Å². The number of pyridine rings is 1. The molecule has 0 radical (unpaired) electrons. The molecule has 1 aliphatic rings. The van der Waals surface area contributed by atoms with E-state index >= 15 is 0 Å². The molecular formula is C19H20N4O4S2. The molecule has 3 N–H and O–H groups in total. The minimum atomic E-state index is -4.00. The topological polar surface area (TPSA) is 113 Å². The Bertz CT molecular complexity index is 1280. The van der Waals surface area contributed by atoms with E-state index < -0.39 is 15.6 Å². The Hall–Kier alpha value is -2.85. The van der Waals surface area contributed by atoms with Gasteiger partial charge in [-0.2, -0.15) is 8.42 Å². The summed E-state index contributed by atoms with van der Waals surface area (Å²) in [7, 11) is -4.00. The lowest BCUT2D eigenvalue weighted by atomic mass is 10.2. The molecule has 4 rings (SSSR count). The van der Waals surface area contributed by atoms with Crippen LogP contribution in [0.15, 0.2) is 49.8 Å². The van der Waals surface area contributed by atoms with Crippen LogP contribution in [0.2, 0.25) is 0 Å². The maximum Gasteiger partial charge on any atom is 0.286 e. The Balaban J connectivity index is 1.87. The maximum absolute atomic E-state index is 13.2. The van der Waals surface area contributed by atoms with Crippen molar-refractivity contribution in [2.24, 2.45) is 4.40 Å². The third kappa shape index (κ3) is 3.38. The number of hydrogen-bond acceptors (Lipinski definition) is 7. The smallest absolute Gasteiger partial charge is 0.286 e. The minimum Gasteiger partial charge on any atom is -0.505 e. The van der Waals surface area contributed by atoms with Crippen molar-refractivity contribution in [3.8, 4) is 5.75 Å². The summed E-state index contributed by atoms with van der Waals surface area (Å²) in [6.07, 6.45) is 2.94. The first-order valence-corrected chi connectivity index (χ1v) is 11.6. The number of para-hydroxylation sites is 1. The fraction of sp³-hybridized carbons (Fsp3) is 0.263. The first-order chi connectivity index (χ1) is 13.9. The van der Waals surface area contributed by atoms with Gasteiger partial charge in [-0.25, -0.2) is 4.68 Å². The third-order valence-electron chi connectivity index (χ3n) is 4.67. The standard InChI is InChI=1S/C19H20N4O4S2/c1-2-3-6-10-20-23-13-9-11-28-17(13)16(24)15(19(23)25)18-21-12-7-4-5-8-14(12)29(26,27)22-18/h4-5,7-9,11,20,24H,2-3,6,10H2,1H3,(H,21,22). The maximum atomic E-state index is 13.2. The summed E-state index contributed by atoms with van der Waals surface area (Å²) in [6, 6.07) is 8.04. The molecule has 10 heteroatoms. The van der Waals surface area contributed by atoms with Crippen molar-refractivity contribution in [3.63, 3.8) is 0 Å². The zero-order valence-corrected chi connectivity index (χ0v) is 17.3. The Morgan fingerprint density at radius 3 is 2.83 bits per heavy atom. The molecule has 2 aromatic heterocycles. The van der Waals surface area contributed by atoms with Crippen molar-refractivity contribution in [1.82, 2.24) is 4.68 Å². The van der Waals surface area contributed by atoms with Crippen molar-refractivity contribution >= 4 is 43.1 Å². The summed E-state index contributed by atoms with van der Waals surface area (Å²) in [5.74, 6) is -0.474. The number of hydrogen-bond donors (Lipinski definition) is 3. The molecule has 29 heavy (non-hydrogen) atoms. The first kappa shape index (κ1) is 19.5. The molecule has 1 aromatic carbocycles. The Morgan fingerprint density at radius 1 is 1.24 bits per heavy atom. The van der Waals surface area contributed by atoms with E-state index in [1.165, 1.54) is 22.1 Å². The fourth-order valence-electron chi connectivity index (χ4n) is 3.25. The van der Waals surface area contributed by atoms with Gasteiger partial charge in [0, 0.05) is 6.54 Å². The van der Waals surface area contributed by atoms with Crippen LogP contribution < -0.4 is 16.3 Å². The lowest BCUT2D eigenvalue weighted by Gasteiger charge is -2.20. The van der Waals surface area contributed by atoms with Gasteiger partial charge in [0.1, 0.15) is 10.5 Å². The predicted molar refractivity (Wildman–Crippen MR) is 115 cm³/mol. The van der Waals surface area contributed by atoms with E-state index in [-0.39, 0.29) is 22.0 Å². The number of amidine groups is 1. The van der Waals surface area contributed by atoms with E-state index in [2.05, 4.69) is 22.1 Å². The van der Waals surface area contributed by atoms with E-state index in [1.807, 2.05) is 0 Å². The van der Waals surface area contributed by atoms with Crippen LogP contribution in [0.3, 0.4) is 0 Å². The molecule has 152 valence electrons. The number of aromatic hydroxyl groups is 1. The largest absolute Gasteiger partial charge is 0.505 e. The van der Waals surface area contributed by atoms with Gasteiger partial charge >= 0.3 is 0 Å². The second kappa shape index (κ2) is 7.53. The molecule has 0 fully saturated rings. The molecule has 0 bridgehead atoms. The molecule has 0 unspecified atom stereocenters. The summed E-state index contributed by atoms with van der Waals surface area (Å²) < 4.78 is 30.8. The van der Waals surface area contributed by atoms with Crippen LogP contribution in [-0.2, 0) is 10.0 Å². The van der Waals surface area contributed by atoms with Crippen LogP contribution >= 0.6 is 11.3 Å². The van der Waals surface area contributed by atoms with Crippen LogP contribution in [0.1, 0.15) is 31.7 Å². The number of aromatic nitrogens is 1. The van der Waals surface area contributed by atoms with Crippen molar-refractivity contribution < 1.29 is 13.5 Å². The lowest BCUT2D eigenvalue weighted by molar-refractivity contribution is 0.479. The number of rotatable bonds is 6. The molecule has 0 saturated heterocycles. The van der Waals surface area contributed by atoms with Crippen LogP contribution in [0.4, 0.5) is 5.69 Å². The monoisotopic (exact) mass is 432 g/mol. The van der Waals surface area contributed by atoms with Crippen LogP contribution in [0.25, 0.3) is 10.2 Å². The van der Waals surface area contributed by atoms with Gasteiger partial charge in [0.05, 0.1) is 15.9 Å². The molecule has 0 spiro atoms. The normalized spacial score (nSPS) is 14.9. The van der Waals surface area contributed by atoms with Crippen LogP contribution in [0, 0.1) is 0 Å². The van der Waals surface area contributed by atoms with E-state index in [0.29, 0.717) is 22.4 Å². The molecule has 0 saturated carbocycles. The van der Waals surface area contributed by atoms with Gasteiger partial charge in [0.15, 0.2) is 11.6 Å². The lowest BCUT2D eigenvalue weighted by Crippen LogP contribution is -2.36. The van der Waals surface area contributed by atoms with Gasteiger partial charge in [0.2, 0.25) is 0 Å². The zero-order valence-electron chi connectivity index (χ0n) is 15.7. The summed E-state index contributed by atoms with van der Waals surface area (Å²) in [6.45, 7) is 2.66. The van der Waals surface area contributed by atoms with Crippen molar-refractivity contribution in [2.75, 3.05) is 17.3 Å². The van der Waals surface area contributed by atoms with Gasteiger partial charge in [-0.15, -0.1) is 15.7 Å². The fourth-order valence-corrected chi connectivity index (χ4v) is 5.20. The minimum absolute atomic E-state index is 0.0263. The van der Waals surface area contributed by atoms with Gasteiger partial charge in [-0.05, 0) is 30.0 Å². The number of sulfonamides is 1. The Kier molecular flexibility index (Phi) is 5.05. The number of anilines is 1. The molecule has 0 amide bonds. The molecule has 0 aliphatic carbocycles. The third-order valence-corrected chi connectivity index (χ3v) is 6.92. The summed E-state index contributed by atoms with van der Waals surface area (Å²) in [5.41, 5.74) is 3.20. The van der Waals surface area contributed by atoms with E-state index in [0.717, 1.165) is 19.3 Å². The van der Waals surface area contributed by atoms with E-state index in [9.17, 15) is 18.3 Å². The Morgan fingerprint density at radius 2 is 2.03 bits per heavy atom. The van der Waals surface area contributed by atoms with E-state index in [1.54, 1.807) is 29.6 Å². The highest BCUT2D eigenvalue weighted by Crippen LogP contribution is 2.34. The predicted octanol–water partition coefficient (Wildman–Crippen LogP) is 3.06. The van der Waals surface area contributed by atoms with Crippen molar-refractivity contribution in [1.29, 1.82) is 0 Å². The van der Waals surface area contributed by atoms with Gasteiger partial charge in [0.25, 0.3) is 15.6 Å². The van der Waals surface area contributed by atoms with Crippen molar-refractivity contribution in [2.45, 2.75) is 31.1 Å². The van der Waals surface area contributed by atoms with E-state index in [4.69, 9.17) is 0 Å². The number of unbranched alkanes of at least 4 members (excludes halogenated alkanes) is 2. The second-order valence-corrected chi connectivity index (χ2v) is 9.14. The number of fused-ring (bicyclic) bond motifs is 2. The molecule has 3 aromatic rings. The summed E-state index contributed by atoms with van der Waals surface area (Å²) in [4.78, 5) is 13.2. The van der Waals surface area contributed by atoms with Crippen LogP contribution in [-0.4, -0.2) is 30.6 Å². The average Bonchev–Trinajstić information content (AvgIpc) is 3.17. The average molecular weight is 433 g/mol. The number of nitrogens with zero attached hydrogens (tertiary/aromatic N) is 2. The molecule has 8 nitrogen and oxygen atoms in total. The zero-order chi connectivity index (χ0) is 20.6. The van der Waals surface area contributed by atoms with Crippen molar-refractivity contribution in [3.05, 3.63) is 51.6 Å². The summed E-state index contributed by atoms with van der Waals surface area (Å²) >= 11 is 1.26. The highest BCUT2D eigenvalue weighted by molar-refractivity contribution is 7.90. The van der Waals surface area contributed by atoms with Gasteiger partial charge < -0.3 is 15.8 Å². The number of benzene rings is 1. The first-order valence-electron chi connectivity index (χ1n) is 9.24. The number of nitrogens with one attached hydrogen (secondary N) is 2. The molecular weight excluding hydrogens is 412 g/mol. The highest BCUT2D eigenvalue weighted by atomic mass is 32.2. The van der Waals surface area contributed by atoms with Gasteiger partial charge in [-0.1, -0.05) is 31.9 Å². The van der Waals surface area contributed by atoms with Gasteiger partial charge in [-0.3, -0.25) is 4.79 Å². The molecule has 0 atom stereocenters. The number of thiophene rings is 1. The second-order valence-electron chi connectivity index (χ2n) is 6.65. The molecule has 1 aliphatic heterocycles. The SMILES string of the molecule is CCCCCNn1c(=O)c(C2=NS(=O)(=O)c3ccccc3N2)c(O)c2sccc21. The quantitative estimate of drug-likeness (QED) is 0.516. The van der Waals surface area contributed by atoms with Crippen LogP contribution in [0.5, 0.6) is 5.75 Å². The molecule has 3 heterocycles. The summed E-state index contributed by atoms with van der Waals surface area (Å²) in [5, 5.41) is 15.4.